The van der Waals surface area contributed by atoms with Gasteiger partial charge in [0.15, 0.2) is 12.2 Å². The van der Waals surface area contributed by atoms with Crippen molar-refractivity contribution in [3.63, 3.8) is 0 Å². The predicted octanol–water partition coefficient (Wildman–Crippen LogP) is 0.420. The van der Waals surface area contributed by atoms with Gasteiger partial charge in [-0.25, -0.2) is 9.18 Å². The summed E-state index contributed by atoms with van der Waals surface area (Å²) in [7, 11) is 4.50. The standard InChI is InChI=1S/C22H30FN3O7/c1-22(2,3)33-21(31)17(28)18-20(30)26(7-8-32-18)15-10-13(9-14(23)11-15)19(29)25(6)12-16(27)24(4)5/h9-11,17-18,28H,7-8,12H2,1-6H3. The van der Waals surface area contributed by atoms with E-state index in [9.17, 15) is 28.7 Å². The smallest absolute Gasteiger partial charge is 0.338 e. The van der Waals surface area contributed by atoms with Gasteiger partial charge in [0.2, 0.25) is 5.91 Å². The predicted molar refractivity (Wildman–Crippen MR) is 116 cm³/mol. The highest BCUT2D eigenvalue weighted by Crippen LogP contribution is 2.24. The van der Waals surface area contributed by atoms with Crippen molar-refractivity contribution < 1.29 is 38.1 Å². The molecule has 33 heavy (non-hydrogen) atoms. The Morgan fingerprint density at radius 1 is 1.24 bits per heavy atom. The van der Waals surface area contributed by atoms with E-state index in [1.54, 1.807) is 34.9 Å². The molecule has 1 fully saturated rings. The van der Waals surface area contributed by atoms with Crippen LogP contribution in [0.25, 0.3) is 0 Å². The van der Waals surface area contributed by atoms with Crippen LogP contribution in [-0.2, 0) is 23.9 Å². The molecule has 182 valence electrons. The van der Waals surface area contributed by atoms with Gasteiger partial charge in [-0.3, -0.25) is 14.4 Å². The number of aliphatic hydroxyl groups excluding tert-OH is 1. The molecule has 2 atom stereocenters. The zero-order valence-corrected chi connectivity index (χ0v) is 19.6. The van der Waals surface area contributed by atoms with E-state index in [1.165, 1.54) is 18.0 Å². The number of esters is 1. The fraction of sp³-hybridized carbons (Fsp3) is 0.545. The number of carbonyl (C=O) groups excluding carboxylic acids is 4. The van der Waals surface area contributed by atoms with E-state index in [2.05, 4.69) is 0 Å². The van der Waals surface area contributed by atoms with Crippen molar-refractivity contribution in [2.75, 3.05) is 45.7 Å². The molecule has 0 aromatic heterocycles. The maximum atomic E-state index is 14.4. The Morgan fingerprint density at radius 3 is 2.45 bits per heavy atom. The quantitative estimate of drug-likeness (QED) is 0.603. The van der Waals surface area contributed by atoms with E-state index >= 15 is 0 Å². The molecule has 0 radical (unpaired) electrons. The lowest BCUT2D eigenvalue weighted by Gasteiger charge is -2.34. The molecule has 0 bridgehead atoms. The minimum atomic E-state index is -1.88. The van der Waals surface area contributed by atoms with Gasteiger partial charge in [0.05, 0.1) is 13.2 Å². The third kappa shape index (κ3) is 6.72. The van der Waals surface area contributed by atoms with E-state index < -0.39 is 41.4 Å². The molecule has 0 saturated carbocycles. The lowest BCUT2D eigenvalue weighted by molar-refractivity contribution is -0.177. The maximum Gasteiger partial charge on any atom is 0.338 e. The van der Waals surface area contributed by atoms with E-state index in [-0.39, 0.29) is 36.9 Å². The number of anilines is 1. The Morgan fingerprint density at radius 2 is 1.88 bits per heavy atom. The lowest BCUT2D eigenvalue weighted by atomic mass is 10.1. The Hall–Kier alpha value is -3.05. The Labute approximate surface area is 191 Å². The van der Waals surface area contributed by atoms with Crippen LogP contribution in [0.1, 0.15) is 31.1 Å². The molecule has 1 aliphatic rings. The van der Waals surface area contributed by atoms with Gasteiger partial charge >= 0.3 is 5.97 Å². The highest BCUT2D eigenvalue weighted by Gasteiger charge is 2.41. The minimum Gasteiger partial charge on any atom is -0.458 e. The Bertz CT molecular complexity index is 929. The average molecular weight is 467 g/mol. The van der Waals surface area contributed by atoms with Gasteiger partial charge in [0, 0.05) is 38.9 Å². The van der Waals surface area contributed by atoms with Crippen molar-refractivity contribution in [3.8, 4) is 0 Å². The summed E-state index contributed by atoms with van der Waals surface area (Å²) < 4.78 is 24.8. The third-order valence-corrected chi connectivity index (χ3v) is 4.72. The maximum absolute atomic E-state index is 14.4. The number of nitrogens with zero attached hydrogens (tertiary/aromatic N) is 3. The number of ether oxygens (including phenoxy) is 2. The first kappa shape index (κ1) is 26.2. The first-order valence-corrected chi connectivity index (χ1v) is 10.3. The van der Waals surface area contributed by atoms with Gasteiger partial charge < -0.3 is 29.3 Å². The normalized spacial score (nSPS) is 17.4. The molecule has 1 heterocycles. The van der Waals surface area contributed by atoms with E-state index in [0.29, 0.717) is 0 Å². The molecular weight excluding hydrogens is 437 g/mol. The number of morpholine rings is 1. The van der Waals surface area contributed by atoms with E-state index in [1.807, 2.05) is 0 Å². The largest absolute Gasteiger partial charge is 0.458 e. The number of amides is 3. The number of hydrogen-bond acceptors (Lipinski definition) is 7. The van der Waals surface area contributed by atoms with Gasteiger partial charge in [0.1, 0.15) is 11.4 Å². The molecule has 0 aliphatic carbocycles. The van der Waals surface area contributed by atoms with Crippen molar-refractivity contribution in [1.82, 2.24) is 9.80 Å². The summed E-state index contributed by atoms with van der Waals surface area (Å²) in [4.78, 5) is 53.3. The van der Waals surface area contributed by atoms with Crippen LogP contribution in [0.3, 0.4) is 0 Å². The summed E-state index contributed by atoms with van der Waals surface area (Å²) in [5.41, 5.74) is -0.893. The molecule has 11 heteroatoms. The number of likely N-dealkylation sites (N-methyl/N-ethyl adjacent to an activating group) is 2. The number of benzene rings is 1. The summed E-state index contributed by atoms with van der Waals surface area (Å²) >= 11 is 0. The van der Waals surface area contributed by atoms with Crippen LogP contribution in [0.2, 0.25) is 0 Å². The van der Waals surface area contributed by atoms with Crippen molar-refractivity contribution in [2.24, 2.45) is 0 Å². The van der Waals surface area contributed by atoms with E-state index in [4.69, 9.17) is 9.47 Å². The van der Waals surface area contributed by atoms with Crippen molar-refractivity contribution in [2.45, 2.75) is 38.6 Å². The molecule has 2 rings (SSSR count). The second-order valence-corrected chi connectivity index (χ2v) is 8.91. The van der Waals surface area contributed by atoms with Crippen LogP contribution in [0, 0.1) is 5.82 Å². The second kappa shape index (κ2) is 10.3. The van der Waals surface area contributed by atoms with Crippen LogP contribution < -0.4 is 4.90 Å². The highest BCUT2D eigenvalue weighted by molar-refractivity contribution is 6.02. The fourth-order valence-corrected chi connectivity index (χ4v) is 3.06. The lowest BCUT2D eigenvalue weighted by Crippen LogP contribution is -2.55. The summed E-state index contributed by atoms with van der Waals surface area (Å²) in [6.07, 6.45) is -3.42. The van der Waals surface area contributed by atoms with Crippen LogP contribution in [0.4, 0.5) is 10.1 Å². The van der Waals surface area contributed by atoms with Gasteiger partial charge in [-0.1, -0.05) is 0 Å². The highest BCUT2D eigenvalue weighted by atomic mass is 19.1. The fourth-order valence-electron chi connectivity index (χ4n) is 3.06. The zero-order chi connectivity index (χ0) is 25.1. The molecule has 1 aliphatic heterocycles. The molecule has 1 saturated heterocycles. The van der Waals surface area contributed by atoms with Gasteiger partial charge in [-0.2, -0.15) is 0 Å². The van der Waals surface area contributed by atoms with Gasteiger partial charge in [-0.15, -0.1) is 0 Å². The molecular formula is C22H30FN3O7. The number of rotatable bonds is 6. The first-order chi connectivity index (χ1) is 15.2. The minimum absolute atomic E-state index is 0.0163. The molecule has 2 unspecified atom stereocenters. The molecule has 1 aromatic carbocycles. The zero-order valence-electron chi connectivity index (χ0n) is 19.6. The Kier molecular flexibility index (Phi) is 8.15. The van der Waals surface area contributed by atoms with Gasteiger partial charge in [-0.05, 0) is 39.0 Å². The summed E-state index contributed by atoms with van der Waals surface area (Å²) in [5, 5.41) is 10.3. The Balaban J connectivity index is 2.25. The summed E-state index contributed by atoms with van der Waals surface area (Å²) in [5.74, 6) is -3.50. The van der Waals surface area contributed by atoms with Crippen LogP contribution >= 0.6 is 0 Å². The third-order valence-electron chi connectivity index (χ3n) is 4.72. The summed E-state index contributed by atoms with van der Waals surface area (Å²) in [6, 6.07) is 3.37. The monoisotopic (exact) mass is 467 g/mol. The first-order valence-electron chi connectivity index (χ1n) is 10.3. The molecule has 3 amide bonds. The van der Waals surface area contributed by atoms with Crippen LogP contribution in [-0.4, -0.2) is 97.2 Å². The van der Waals surface area contributed by atoms with Crippen molar-refractivity contribution in [3.05, 3.63) is 29.6 Å². The number of aliphatic hydroxyl groups is 1. The number of halogens is 1. The van der Waals surface area contributed by atoms with E-state index in [0.717, 1.165) is 21.9 Å². The summed E-state index contributed by atoms with van der Waals surface area (Å²) in [6.45, 7) is 4.61. The average Bonchev–Trinajstić information content (AvgIpc) is 2.70. The molecule has 10 nitrogen and oxygen atoms in total. The number of hydrogen-bond donors (Lipinski definition) is 1. The SMILES string of the molecule is CN(C)C(=O)CN(C)C(=O)c1cc(F)cc(N2CCOC(C(O)C(=O)OC(C)(C)C)C2=O)c1. The van der Waals surface area contributed by atoms with Crippen LogP contribution in [0.5, 0.6) is 0 Å². The second-order valence-electron chi connectivity index (χ2n) is 8.91. The van der Waals surface area contributed by atoms with Crippen molar-refractivity contribution in [1.29, 1.82) is 0 Å². The van der Waals surface area contributed by atoms with Crippen molar-refractivity contribution >= 4 is 29.4 Å². The molecule has 1 aromatic rings. The number of carbonyl (C=O) groups is 4. The van der Waals surface area contributed by atoms with Crippen LogP contribution in [0.15, 0.2) is 18.2 Å². The molecule has 1 N–H and O–H groups in total. The van der Waals surface area contributed by atoms with Gasteiger partial charge in [0.25, 0.3) is 11.8 Å². The topological polar surface area (TPSA) is 117 Å². The molecule has 0 spiro atoms.